The highest BCUT2D eigenvalue weighted by Gasteiger charge is 2.56. The molecular weight excluding hydrogens is 1430 g/mol. The fraction of sp³-hybridized carbons (Fsp3) is 0.677. The molecule has 0 aromatic heterocycles. The fourth-order valence-electron chi connectivity index (χ4n) is 11.5. The normalized spacial score (nSPS) is 15.6. The van der Waals surface area contributed by atoms with Crippen molar-refractivity contribution < 1.29 is 122 Å². The van der Waals surface area contributed by atoms with Crippen LogP contribution in [0.3, 0.4) is 0 Å². The molecule has 9 amide bonds. The second-order valence-electron chi connectivity index (χ2n) is 27.4. The van der Waals surface area contributed by atoms with Crippen LogP contribution >= 0.6 is 11.8 Å². The monoisotopic (exact) mass is 1530 g/mol. The predicted molar refractivity (Wildman–Crippen MR) is 379 cm³/mol. The standard InChI is InChI=1S/C65H106FN13O24SSi/c1-64(2,3)105(66,65(4,5)6)41-15-13-40(14-16-41)56(91)69-35-47(72-52(84)36-76-26-28-77(37-53(85)86)30-32-79(39-55(89)90)33-31-78(29-27-76)38-54(87)88)57(92)73-43(59(95)96)11-8-9-24-67-48(80)21-22-49(81)68-25-10-12-42(58(93)94)70-50(82)19-17-44(60(97)98)74-63(103)75-45(61(99)100)18-20-51(83)71-46(62(101)102)23-34-104-7/h13-16,42-47,62,101-102H,8-12,17-39H2,1-7H3,(H,67,80)(H,68,81)(H,69,91)(H,70,82)(H,71,83)(H,72,84)(H,73,92)(H,85,86)(H,87,88)(H,89,90)(H,93,94)(H,95,96)(H,97,98)(H,99,100)(H2,74,75,103)/t42-,43-,44+,45+,46+,47-/m1/s1. The van der Waals surface area contributed by atoms with Gasteiger partial charge in [-0.15, -0.1) is 0 Å². The van der Waals surface area contributed by atoms with Crippen molar-refractivity contribution in [3.05, 3.63) is 29.8 Å². The summed E-state index contributed by atoms with van der Waals surface area (Å²) in [6.45, 7) is 9.00. The van der Waals surface area contributed by atoms with Crippen molar-refractivity contribution in [2.24, 2.45) is 0 Å². The predicted octanol–water partition coefficient (Wildman–Crippen LogP) is -2.48. The van der Waals surface area contributed by atoms with Crippen LogP contribution in [0.4, 0.5) is 8.90 Å². The number of carbonyl (C=O) groups excluding carboxylic acids is 8. The first-order valence-electron chi connectivity index (χ1n) is 34.2. The second kappa shape index (κ2) is 46.3. The van der Waals surface area contributed by atoms with Crippen LogP contribution in [0, 0.1) is 0 Å². The number of aliphatic carboxylic acids is 7. The van der Waals surface area contributed by atoms with Crippen LogP contribution < -0.4 is 53.0 Å². The van der Waals surface area contributed by atoms with Gasteiger partial charge in [-0.3, -0.25) is 67.5 Å². The number of aliphatic hydroxyl groups is 2. The molecule has 0 saturated carbocycles. The van der Waals surface area contributed by atoms with E-state index < -0.39 is 209 Å². The van der Waals surface area contributed by atoms with Crippen LogP contribution in [-0.2, 0) is 62.3 Å². The van der Waals surface area contributed by atoms with Crippen molar-refractivity contribution in [1.29, 1.82) is 0 Å². The number of carboxylic acids is 7. The minimum Gasteiger partial charge on any atom is -0.480 e. The Morgan fingerprint density at radius 2 is 0.829 bits per heavy atom. The molecule has 1 fully saturated rings. The molecule has 1 aromatic rings. The average molecular weight is 1530 g/mol. The lowest BCUT2D eigenvalue weighted by molar-refractivity contribution is -0.142. The van der Waals surface area contributed by atoms with Crippen LogP contribution in [0.1, 0.15) is 129 Å². The van der Waals surface area contributed by atoms with E-state index in [0.29, 0.717) is 10.9 Å². The van der Waals surface area contributed by atoms with Gasteiger partial charge in [-0.25, -0.2) is 24.0 Å². The molecule has 0 spiro atoms. The first kappa shape index (κ1) is 92.4. The van der Waals surface area contributed by atoms with Crippen LogP contribution in [0.2, 0.25) is 10.1 Å². The third-order valence-electron chi connectivity index (χ3n) is 17.0. The zero-order chi connectivity index (χ0) is 79.4. The molecule has 6 atom stereocenters. The van der Waals surface area contributed by atoms with Gasteiger partial charge < -0.3 is 97.9 Å². The molecule has 37 nitrogen and oxygen atoms in total. The quantitative estimate of drug-likeness (QED) is 0.0139. The van der Waals surface area contributed by atoms with Crippen LogP contribution in [0.5, 0.6) is 0 Å². The van der Waals surface area contributed by atoms with E-state index in [4.69, 9.17) is 0 Å². The molecule has 18 N–H and O–H groups in total. The van der Waals surface area contributed by atoms with E-state index in [1.54, 1.807) is 16.1 Å². The summed E-state index contributed by atoms with van der Waals surface area (Å²) in [7, 11) is -3.75. The molecule has 1 heterocycles. The molecule has 1 aliphatic heterocycles. The third kappa shape index (κ3) is 35.8. The Labute approximate surface area is 612 Å². The molecule has 0 aliphatic carbocycles. The van der Waals surface area contributed by atoms with Gasteiger partial charge in [-0.1, -0.05) is 53.7 Å². The number of nitrogens with one attached hydrogen (secondary N) is 9. The van der Waals surface area contributed by atoms with Crippen molar-refractivity contribution in [2.75, 3.05) is 110 Å². The van der Waals surface area contributed by atoms with E-state index in [9.17, 15) is 118 Å². The summed E-state index contributed by atoms with van der Waals surface area (Å²) in [6.07, 6.45) is -2.90. The maximum atomic E-state index is 17.1. The Kier molecular flexibility index (Phi) is 40.8. The van der Waals surface area contributed by atoms with Gasteiger partial charge in [-0.2, -0.15) is 11.8 Å². The number of carbonyl (C=O) groups is 15. The number of thioether (sulfide) groups is 1. The number of amides is 9. The molecule has 0 unspecified atom stereocenters. The SMILES string of the molecule is CSCC[C@H](NC(=O)CC[C@H](NC(=O)N[C@@H](CCC(=O)N[C@H](CCCNC(=O)CCC(=O)NCCCC[C@@H](NC(=O)[C@@H](CNC(=O)c1ccc([Si](F)(C(C)(C)C)C(C)(C)C)cc1)NC(=O)CN1CCN(CC(=O)O)CCN(CC(=O)O)CCN(CC(=O)O)CC1)C(=O)O)C(=O)O)C(=O)O)C(=O)O)C(O)O. The molecule has 40 heteroatoms. The summed E-state index contributed by atoms with van der Waals surface area (Å²) >= 11 is 1.38. The number of nitrogens with zero attached hydrogens (tertiary/aromatic N) is 4. The molecule has 592 valence electrons. The molecule has 1 aromatic carbocycles. The Bertz CT molecular complexity index is 3060. The number of carboxylic acid groups (broad SMARTS) is 7. The van der Waals surface area contributed by atoms with Gasteiger partial charge in [0.1, 0.15) is 30.2 Å². The lowest BCUT2D eigenvalue weighted by atomic mass is 10.1. The topological polar surface area (TPSA) is 559 Å². The van der Waals surface area contributed by atoms with Gasteiger partial charge in [0.25, 0.3) is 14.3 Å². The lowest BCUT2D eigenvalue weighted by Crippen LogP contribution is -2.58. The molecule has 2 rings (SSSR count). The Morgan fingerprint density at radius 3 is 1.23 bits per heavy atom. The summed E-state index contributed by atoms with van der Waals surface area (Å²) in [5.74, 6) is -14.7. The molecule has 1 aliphatic rings. The van der Waals surface area contributed by atoms with E-state index >= 15 is 4.11 Å². The summed E-state index contributed by atoms with van der Waals surface area (Å²) in [5.41, 5.74) is 0.0728. The minimum absolute atomic E-state index is 0.00161. The molecular formula is C65H106FN13O24SSi. The van der Waals surface area contributed by atoms with Crippen molar-refractivity contribution >= 4 is 115 Å². The summed E-state index contributed by atoms with van der Waals surface area (Å²) in [4.78, 5) is 195. The summed E-state index contributed by atoms with van der Waals surface area (Å²) < 4.78 is 17.1. The van der Waals surface area contributed by atoms with Crippen LogP contribution in [0.25, 0.3) is 0 Å². The number of urea groups is 1. The number of halogens is 1. The van der Waals surface area contributed by atoms with Crippen LogP contribution in [0.15, 0.2) is 24.3 Å². The van der Waals surface area contributed by atoms with Gasteiger partial charge in [-0.05, 0) is 90.8 Å². The first-order valence-corrected chi connectivity index (χ1v) is 37.5. The van der Waals surface area contributed by atoms with E-state index in [1.807, 2.05) is 52.2 Å². The summed E-state index contributed by atoms with van der Waals surface area (Å²) in [5, 5.41) is 107. The second-order valence-corrected chi connectivity index (χ2v) is 33.3. The minimum atomic E-state index is -3.75. The maximum Gasteiger partial charge on any atom is 0.326 e. The van der Waals surface area contributed by atoms with Crippen molar-refractivity contribution in [2.45, 2.75) is 171 Å². The molecule has 105 heavy (non-hydrogen) atoms. The van der Waals surface area contributed by atoms with Gasteiger partial charge >= 0.3 is 47.8 Å². The van der Waals surface area contributed by atoms with Crippen molar-refractivity contribution in [1.82, 2.24) is 67.5 Å². The van der Waals surface area contributed by atoms with Gasteiger partial charge in [0.15, 0.2) is 6.29 Å². The van der Waals surface area contributed by atoms with E-state index in [0.717, 1.165) is 0 Å². The third-order valence-corrected chi connectivity index (χ3v) is 22.9. The lowest BCUT2D eigenvalue weighted by Gasteiger charge is -2.44. The van der Waals surface area contributed by atoms with Gasteiger partial charge in [0.2, 0.25) is 35.4 Å². The highest BCUT2D eigenvalue weighted by molar-refractivity contribution is 7.98. The zero-order valence-electron chi connectivity index (χ0n) is 60.4. The average Bonchev–Trinajstić information content (AvgIpc) is 0.748. The van der Waals surface area contributed by atoms with Gasteiger partial charge in [0.05, 0.1) is 32.2 Å². The fourth-order valence-corrected chi connectivity index (χ4v) is 16.6. The Morgan fingerprint density at radius 1 is 0.448 bits per heavy atom. The number of rotatable bonds is 45. The zero-order valence-corrected chi connectivity index (χ0v) is 62.2. The van der Waals surface area contributed by atoms with Crippen molar-refractivity contribution in [3.63, 3.8) is 0 Å². The highest BCUT2D eigenvalue weighted by atomic mass is 32.2. The Hall–Kier alpha value is -8.67. The number of aliphatic hydroxyl groups excluding tert-OH is 1. The number of hydrogen-bond acceptors (Lipinski definition) is 22. The molecule has 1 saturated heterocycles. The van der Waals surface area contributed by atoms with Crippen LogP contribution in [-0.4, -0.2) is 316 Å². The van der Waals surface area contributed by atoms with Gasteiger partial charge in [0, 0.05) is 103 Å². The van der Waals surface area contributed by atoms with E-state index in [-0.39, 0.29) is 122 Å². The Balaban J connectivity index is 2.06. The van der Waals surface area contributed by atoms with E-state index in [2.05, 4.69) is 37.2 Å². The number of benzene rings is 1. The van der Waals surface area contributed by atoms with Crippen molar-refractivity contribution in [3.8, 4) is 0 Å². The van der Waals surface area contributed by atoms with E-state index in [1.165, 1.54) is 45.8 Å². The largest absolute Gasteiger partial charge is 0.480 e. The number of unbranched alkanes of at least 4 members (excludes halogenated alkanes) is 1. The molecule has 0 bridgehead atoms. The summed E-state index contributed by atoms with van der Waals surface area (Å²) in [6, 6.07) is -4.59. The highest BCUT2D eigenvalue weighted by Crippen LogP contribution is 2.51. The molecule has 0 radical (unpaired) electrons. The maximum absolute atomic E-state index is 17.1. The smallest absolute Gasteiger partial charge is 0.326 e. The first-order chi connectivity index (χ1) is 49.1. The number of hydrogen-bond donors (Lipinski definition) is 18.